The zero-order valence-electron chi connectivity index (χ0n) is 12.8. The zero-order chi connectivity index (χ0) is 16.8. The van der Waals surface area contributed by atoms with Crippen molar-refractivity contribution in [3.63, 3.8) is 0 Å². The third kappa shape index (κ3) is 3.88. The molecule has 2 rings (SSSR count). The molecule has 0 saturated heterocycles. The first-order valence-electron chi connectivity index (χ1n) is 7.42. The van der Waals surface area contributed by atoms with Gasteiger partial charge in [0, 0.05) is 6.54 Å². The number of hydrogen-bond donors (Lipinski definition) is 3. The molecule has 0 fully saturated rings. The first-order valence-corrected chi connectivity index (χ1v) is 7.42. The summed E-state index contributed by atoms with van der Waals surface area (Å²) in [5.74, 6) is -1.32. The van der Waals surface area contributed by atoms with Gasteiger partial charge in [-0.25, -0.2) is 4.79 Å². The predicted molar refractivity (Wildman–Crippen MR) is 85.8 cm³/mol. The second kappa shape index (κ2) is 7.44. The van der Waals surface area contributed by atoms with E-state index >= 15 is 0 Å². The van der Waals surface area contributed by atoms with Crippen molar-refractivity contribution in [3.05, 3.63) is 62.3 Å². The number of benzene rings is 1. The number of hydrogen-bond acceptors (Lipinski definition) is 4. The Balaban J connectivity index is 2.37. The molecule has 1 aromatic heterocycles. The van der Waals surface area contributed by atoms with Crippen LogP contribution in [0.25, 0.3) is 0 Å². The summed E-state index contributed by atoms with van der Waals surface area (Å²) < 4.78 is 0.964. The van der Waals surface area contributed by atoms with E-state index in [1.807, 2.05) is 13.0 Å². The van der Waals surface area contributed by atoms with Crippen molar-refractivity contribution < 1.29 is 9.90 Å². The summed E-state index contributed by atoms with van der Waals surface area (Å²) in [6, 6.07) is 8.96. The summed E-state index contributed by atoms with van der Waals surface area (Å²) in [5.41, 5.74) is -1.35. The molecule has 1 aromatic carbocycles. The molecule has 0 aliphatic carbocycles. The summed E-state index contributed by atoms with van der Waals surface area (Å²) in [7, 11) is 0. The van der Waals surface area contributed by atoms with Gasteiger partial charge in [0.1, 0.15) is 0 Å². The van der Waals surface area contributed by atoms with Crippen LogP contribution >= 0.6 is 0 Å². The van der Waals surface area contributed by atoms with E-state index in [9.17, 15) is 19.5 Å². The number of aromatic amines is 1. The molecule has 0 unspecified atom stereocenters. The van der Waals surface area contributed by atoms with Crippen LogP contribution in [0.1, 0.15) is 35.7 Å². The number of nitrogens with one attached hydrogen (secondary N) is 2. The van der Waals surface area contributed by atoms with Crippen LogP contribution in [0.5, 0.6) is 5.88 Å². The van der Waals surface area contributed by atoms with Crippen LogP contribution in [0.15, 0.2) is 39.9 Å². The van der Waals surface area contributed by atoms with E-state index in [-0.39, 0.29) is 6.54 Å². The fraction of sp³-hybridized carbons (Fsp3) is 0.312. The summed E-state index contributed by atoms with van der Waals surface area (Å²) >= 11 is 0. The minimum Gasteiger partial charge on any atom is -0.494 e. The van der Waals surface area contributed by atoms with Crippen LogP contribution in [0.4, 0.5) is 0 Å². The van der Waals surface area contributed by atoms with Gasteiger partial charge in [-0.05, 0) is 12.0 Å². The quantitative estimate of drug-likeness (QED) is 0.686. The Labute approximate surface area is 132 Å². The molecule has 0 atom stereocenters. The molecule has 122 valence electrons. The van der Waals surface area contributed by atoms with Crippen molar-refractivity contribution in [2.24, 2.45) is 0 Å². The molecule has 0 aliphatic heterocycles. The van der Waals surface area contributed by atoms with E-state index in [1.54, 1.807) is 24.3 Å². The Bertz CT molecular complexity index is 793. The standard InChI is InChI=1S/C16H19N3O4/c1-2-3-9-17-13(20)12-14(21)18-16(23)19(15(12)22)10-11-7-5-4-6-8-11/h4-8,22H,2-3,9-10H2,1H3,(H,17,20)(H,18,21,23). The van der Waals surface area contributed by atoms with Crippen molar-refractivity contribution >= 4 is 5.91 Å². The summed E-state index contributed by atoms with van der Waals surface area (Å²) in [6.45, 7) is 2.42. The fourth-order valence-electron chi connectivity index (χ4n) is 2.14. The van der Waals surface area contributed by atoms with Gasteiger partial charge in [0.05, 0.1) is 6.54 Å². The lowest BCUT2D eigenvalue weighted by Gasteiger charge is -2.11. The van der Waals surface area contributed by atoms with Gasteiger partial charge in [0.25, 0.3) is 11.5 Å². The Morgan fingerprint density at radius 3 is 2.61 bits per heavy atom. The second-order valence-corrected chi connectivity index (χ2v) is 5.14. The monoisotopic (exact) mass is 317 g/mol. The van der Waals surface area contributed by atoms with Gasteiger partial charge in [-0.1, -0.05) is 43.7 Å². The number of unbranched alkanes of at least 4 members (excludes halogenated alkanes) is 1. The molecule has 3 N–H and O–H groups in total. The van der Waals surface area contributed by atoms with Crippen molar-refractivity contribution in [1.82, 2.24) is 14.9 Å². The van der Waals surface area contributed by atoms with Crippen LogP contribution in [0.2, 0.25) is 0 Å². The maximum absolute atomic E-state index is 12.1. The number of rotatable bonds is 6. The van der Waals surface area contributed by atoms with Gasteiger partial charge in [-0.3, -0.25) is 19.1 Å². The van der Waals surface area contributed by atoms with Gasteiger partial charge in [0.15, 0.2) is 5.56 Å². The largest absolute Gasteiger partial charge is 0.494 e. The van der Waals surface area contributed by atoms with Gasteiger partial charge in [-0.2, -0.15) is 0 Å². The highest BCUT2D eigenvalue weighted by atomic mass is 16.3. The molecule has 0 bridgehead atoms. The van der Waals surface area contributed by atoms with Crippen molar-refractivity contribution in [2.45, 2.75) is 26.3 Å². The molecule has 0 aliphatic rings. The van der Waals surface area contributed by atoms with E-state index in [4.69, 9.17) is 0 Å². The molecule has 7 nitrogen and oxygen atoms in total. The topological polar surface area (TPSA) is 104 Å². The summed E-state index contributed by atoms with van der Waals surface area (Å²) in [6.07, 6.45) is 1.64. The molecule has 1 amide bonds. The normalized spacial score (nSPS) is 10.5. The van der Waals surface area contributed by atoms with Gasteiger partial charge in [-0.15, -0.1) is 0 Å². The van der Waals surface area contributed by atoms with Gasteiger partial charge >= 0.3 is 5.69 Å². The lowest BCUT2D eigenvalue weighted by Crippen LogP contribution is -2.37. The molecule has 0 saturated carbocycles. The third-order valence-electron chi connectivity index (χ3n) is 3.40. The molecule has 0 spiro atoms. The molecule has 0 radical (unpaired) electrons. The number of carbonyl (C=O) groups excluding carboxylic acids is 1. The van der Waals surface area contributed by atoms with E-state index in [0.717, 1.165) is 23.0 Å². The smallest absolute Gasteiger partial charge is 0.331 e. The van der Waals surface area contributed by atoms with E-state index in [2.05, 4.69) is 10.3 Å². The summed E-state index contributed by atoms with van der Waals surface area (Å²) in [5, 5.41) is 12.8. The number of aromatic nitrogens is 2. The molecule has 7 heteroatoms. The van der Waals surface area contributed by atoms with E-state index < -0.39 is 28.6 Å². The number of carbonyl (C=O) groups is 1. The van der Waals surface area contributed by atoms with Crippen LogP contribution < -0.4 is 16.6 Å². The van der Waals surface area contributed by atoms with Crippen molar-refractivity contribution in [1.29, 1.82) is 0 Å². The van der Waals surface area contributed by atoms with Gasteiger partial charge in [0.2, 0.25) is 5.88 Å². The minimum atomic E-state index is -0.897. The Morgan fingerprint density at radius 1 is 1.26 bits per heavy atom. The fourth-order valence-corrected chi connectivity index (χ4v) is 2.14. The molecule has 2 aromatic rings. The molecule has 1 heterocycles. The zero-order valence-corrected chi connectivity index (χ0v) is 12.8. The molecular formula is C16H19N3O4. The van der Waals surface area contributed by atoms with Gasteiger partial charge < -0.3 is 10.4 Å². The van der Waals surface area contributed by atoms with Crippen LogP contribution in [-0.4, -0.2) is 27.1 Å². The lowest BCUT2D eigenvalue weighted by molar-refractivity contribution is 0.0947. The maximum Gasteiger partial charge on any atom is 0.331 e. The van der Waals surface area contributed by atoms with Crippen molar-refractivity contribution in [2.75, 3.05) is 6.54 Å². The predicted octanol–water partition coefficient (Wildman–Crippen LogP) is 0.820. The Kier molecular flexibility index (Phi) is 5.35. The minimum absolute atomic E-state index is 0.0531. The first-order chi connectivity index (χ1) is 11.0. The van der Waals surface area contributed by atoms with E-state index in [1.165, 1.54) is 0 Å². The summed E-state index contributed by atoms with van der Waals surface area (Å²) in [4.78, 5) is 37.9. The van der Waals surface area contributed by atoms with Crippen LogP contribution in [0, 0.1) is 0 Å². The Hall–Kier alpha value is -2.83. The highest BCUT2D eigenvalue weighted by Crippen LogP contribution is 2.12. The first kappa shape index (κ1) is 16.5. The highest BCUT2D eigenvalue weighted by Gasteiger charge is 2.20. The average Bonchev–Trinajstić information content (AvgIpc) is 2.52. The number of aromatic hydroxyl groups is 1. The molecular weight excluding hydrogens is 298 g/mol. The number of H-pyrrole nitrogens is 1. The van der Waals surface area contributed by atoms with Crippen molar-refractivity contribution in [3.8, 4) is 5.88 Å². The highest BCUT2D eigenvalue weighted by molar-refractivity contribution is 5.95. The number of nitrogens with zero attached hydrogens (tertiary/aromatic N) is 1. The maximum atomic E-state index is 12.1. The average molecular weight is 317 g/mol. The van der Waals surface area contributed by atoms with E-state index in [0.29, 0.717) is 6.54 Å². The molecule has 23 heavy (non-hydrogen) atoms. The van der Waals surface area contributed by atoms with Crippen LogP contribution in [-0.2, 0) is 6.54 Å². The number of amides is 1. The SMILES string of the molecule is CCCCNC(=O)c1c(O)n(Cc2ccccc2)c(=O)[nH]c1=O. The van der Waals surface area contributed by atoms with Crippen LogP contribution in [0.3, 0.4) is 0 Å². The lowest BCUT2D eigenvalue weighted by atomic mass is 10.2. The second-order valence-electron chi connectivity index (χ2n) is 5.14. The third-order valence-corrected chi connectivity index (χ3v) is 3.40. The Morgan fingerprint density at radius 2 is 1.96 bits per heavy atom.